The summed E-state index contributed by atoms with van der Waals surface area (Å²) in [5.41, 5.74) is 0.980. The van der Waals surface area contributed by atoms with Crippen molar-refractivity contribution in [1.29, 1.82) is 0 Å². The van der Waals surface area contributed by atoms with Crippen LogP contribution in [-0.2, 0) is 4.79 Å². The molecule has 2 heteroatoms. The lowest BCUT2D eigenvalue weighted by molar-refractivity contribution is -0.112. The number of rotatable bonds is 2. The fourth-order valence-corrected chi connectivity index (χ4v) is 1.57. The molecular weight excluding hydrogens is 200 g/mol. The maximum Gasteiger partial charge on any atom is 0.152 e. The first-order chi connectivity index (χ1) is 7.65. The summed E-state index contributed by atoms with van der Waals surface area (Å²) in [5.74, 6) is 0.297. The Balaban J connectivity index is 2.44. The summed E-state index contributed by atoms with van der Waals surface area (Å²) in [6.07, 6.45) is 3.33. The van der Waals surface area contributed by atoms with Gasteiger partial charge in [0, 0.05) is 0 Å². The van der Waals surface area contributed by atoms with E-state index in [1.807, 2.05) is 24.3 Å². The van der Waals surface area contributed by atoms with Crippen molar-refractivity contribution in [1.82, 2.24) is 0 Å². The van der Waals surface area contributed by atoms with Gasteiger partial charge in [0.15, 0.2) is 5.78 Å². The number of hydrogen-bond donors (Lipinski definition) is 1. The van der Waals surface area contributed by atoms with Crippen molar-refractivity contribution in [3.8, 4) is 5.75 Å². The smallest absolute Gasteiger partial charge is 0.152 e. The van der Waals surface area contributed by atoms with E-state index in [-0.39, 0.29) is 11.5 Å². The largest absolute Gasteiger partial charge is 0.508 e. The molecule has 2 nitrogen and oxygen atoms in total. The zero-order valence-electron chi connectivity index (χ0n) is 8.97. The van der Waals surface area contributed by atoms with Gasteiger partial charge in [-0.05, 0) is 47.5 Å². The van der Waals surface area contributed by atoms with Crippen molar-refractivity contribution >= 4 is 22.6 Å². The van der Waals surface area contributed by atoms with Crippen molar-refractivity contribution in [3.63, 3.8) is 0 Å². The molecular formula is C14H12O2. The Labute approximate surface area is 93.8 Å². The van der Waals surface area contributed by atoms with Gasteiger partial charge in [-0.2, -0.15) is 0 Å². The number of hydrogen-bond acceptors (Lipinski definition) is 2. The van der Waals surface area contributed by atoms with Gasteiger partial charge in [0.25, 0.3) is 0 Å². The van der Waals surface area contributed by atoms with Gasteiger partial charge in [-0.25, -0.2) is 0 Å². The van der Waals surface area contributed by atoms with Gasteiger partial charge < -0.3 is 5.11 Å². The first-order valence-corrected chi connectivity index (χ1v) is 5.06. The number of fused-ring (bicyclic) bond motifs is 1. The molecule has 0 saturated heterocycles. The average molecular weight is 212 g/mol. The molecule has 2 aromatic rings. The molecule has 0 aromatic heterocycles. The lowest BCUT2D eigenvalue weighted by atomic mass is 10.1. The number of carbonyl (C=O) groups excluding carboxylic acids is 1. The van der Waals surface area contributed by atoms with Crippen LogP contribution < -0.4 is 0 Å². The summed E-state index contributed by atoms with van der Waals surface area (Å²) in [7, 11) is 0. The van der Waals surface area contributed by atoms with E-state index in [1.54, 1.807) is 24.3 Å². The predicted molar refractivity (Wildman–Crippen MR) is 65.3 cm³/mol. The van der Waals surface area contributed by atoms with Crippen LogP contribution in [-0.4, -0.2) is 10.9 Å². The quantitative estimate of drug-likeness (QED) is 0.776. The molecule has 0 aliphatic heterocycles. The van der Waals surface area contributed by atoms with Gasteiger partial charge in [-0.15, -0.1) is 0 Å². The van der Waals surface area contributed by atoms with E-state index < -0.39 is 0 Å². The third-order valence-electron chi connectivity index (χ3n) is 2.36. The molecule has 0 atom stereocenters. The van der Waals surface area contributed by atoms with Crippen LogP contribution in [0.25, 0.3) is 16.8 Å². The van der Waals surface area contributed by atoms with Crippen LogP contribution in [0.4, 0.5) is 0 Å². The van der Waals surface area contributed by atoms with Crippen LogP contribution in [0.3, 0.4) is 0 Å². The van der Waals surface area contributed by atoms with Crippen LogP contribution in [0.5, 0.6) is 5.75 Å². The molecule has 0 bridgehead atoms. The number of phenolic OH excluding ortho intramolecular Hbond substituents is 1. The van der Waals surface area contributed by atoms with Crippen molar-refractivity contribution < 1.29 is 9.90 Å². The second-order valence-corrected chi connectivity index (χ2v) is 3.73. The van der Waals surface area contributed by atoms with Gasteiger partial charge in [-0.3, -0.25) is 4.79 Å². The van der Waals surface area contributed by atoms with Crippen LogP contribution in [0.1, 0.15) is 12.5 Å². The Hall–Kier alpha value is -2.09. The number of aromatic hydroxyl groups is 1. The van der Waals surface area contributed by atoms with Gasteiger partial charge in [0.2, 0.25) is 0 Å². The maximum atomic E-state index is 10.8. The molecule has 0 fully saturated rings. The summed E-state index contributed by atoms with van der Waals surface area (Å²) >= 11 is 0. The number of benzene rings is 2. The fourth-order valence-electron chi connectivity index (χ4n) is 1.57. The summed E-state index contributed by atoms with van der Waals surface area (Å²) in [6.45, 7) is 1.52. The van der Waals surface area contributed by atoms with Crippen LogP contribution in [0, 0.1) is 0 Å². The molecule has 0 spiro atoms. The van der Waals surface area contributed by atoms with Crippen LogP contribution in [0.2, 0.25) is 0 Å². The maximum absolute atomic E-state index is 10.8. The molecule has 2 rings (SSSR count). The Morgan fingerprint density at radius 1 is 1.12 bits per heavy atom. The summed E-state index contributed by atoms with van der Waals surface area (Å²) in [6, 6.07) is 11.1. The highest BCUT2D eigenvalue weighted by atomic mass is 16.3. The van der Waals surface area contributed by atoms with E-state index in [0.717, 1.165) is 16.3 Å². The second-order valence-electron chi connectivity index (χ2n) is 3.73. The molecule has 1 N–H and O–H groups in total. The topological polar surface area (TPSA) is 37.3 Å². The minimum Gasteiger partial charge on any atom is -0.508 e. The van der Waals surface area contributed by atoms with E-state index >= 15 is 0 Å². The number of allylic oxidation sites excluding steroid dienone is 1. The van der Waals surface area contributed by atoms with Crippen LogP contribution in [0.15, 0.2) is 42.5 Å². The number of ketones is 1. The minimum atomic E-state index is 0.0332. The molecule has 0 amide bonds. The fraction of sp³-hybridized carbons (Fsp3) is 0.0714. The average Bonchev–Trinajstić information content (AvgIpc) is 2.26. The van der Waals surface area contributed by atoms with Gasteiger partial charge in [-0.1, -0.05) is 24.3 Å². The normalized spacial score (nSPS) is 11.1. The molecule has 0 heterocycles. The van der Waals surface area contributed by atoms with E-state index in [0.29, 0.717) is 0 Å². The van der Waals surface area contributed by atoms with Gasteiger partial charge >= 0.3 is 0 Å². The predicted octanol–water partition coefficient (Wildman–Crippen LogP) is 3.15. The molecule has 0 saturated carbocycles. The summed E-state index contributed by atoms with van der Waals surface area (Å²) < 4.78 is 0. The van der Waals surface area contributed by atoms with Crippen molar-refractivity contribution in [3.05, 3.63) is 48.0 Å². The summed E-state index contributed by atoms with van der Waals surface area (Å²) in [4.78, 5) is 10.8. The van der Waals surface area contributed by atoms with Gasteiger partial charge in [0.1, 0.15) is 5.75 Å². The Bertz CT molecular complexity index is 568. The highest BCUT2D eigenvalue weighted by molar-refractivity contribution is 5.92. The summed E-state index contributed by atoms with van der Waals surface area (Å²) in [5, 5.41) is 11.3. The van der Waals surface area contributed by atoms with E-state index in [4.69, 9.17) is 0 Å². The molecule has 16 heavy (non-hydrogen) atoms. The highest BCUT2D eigenvalue weighted by Gasteiger charge is 1.96. The molecule has 0 radical (unpaired) electrons. The lowest BCUT2D eigenvalue weighted by Gasteiger charge is -2.00. The molecule has 0 aliphatic rings. The molecule has 80 valence electrons. The van der Waals surface area contributed by atoms with E-state index in [9.17, 15) is 9.90 Å². The van der Waals surface area contributed by atoms with Gasteiger partial charge in [0.05, 0.1) is 0 Å². The first-order valence-electron chi connectivity index (χ1n) is 5.06. The van der Waals surface area contributed by atoms with Crippen molar-refractivity contribution in [2.45, 2.75) is 6.92 Å². The second kappa shape index (κ2) is 4.19. The molecule has 0 aliphatic carbocycles. The third kappa shape index (κ3) is 2.28. The zero-order valence-corrected chi connectivity index (χ0v) is 8.97. The zero-order chi connectivity index (χ0) is 11.5. The Kier molecular flexibility index (Phi) is 2.73. The molecule has 0 unspecified atom stereocenters. The Morgan fingerprint density at radius 3 is 2.56 bits per heavy atom. The van der Waals surface area contributed by atoms with Crippen molar-refractivity contribution in [2.24, 2.45) is 0 Å². The van der Waals surface area contributed by atoms with E-state index in [1.165, 1.54) is 6.92 Å². The molecule has 2 aromatic carbocycles. The standard InChI is InChI=1S/C14H12O2/c1-10(15)2-3-11-4-5-13-9-14(16)7-6-12(13)8-11/h2-9,16H,1H3/b3-2+. The monoisotopic (exact) mass is 212 g/mol. The minimum absolute atomic E-state index is 0.0332. The number of carbonyl (C=O) groups is 1. The highest BCUT2D eigenvalue weighted by Crippen LogP contribution is 2.21. The Morgan fingerprint density at radius 2 is 1.81 bits per heavy atom. The van der Waals surface area contributed by atoms with Crippen molar-refractivity contribution in [2.75, 3.05) is 0 Å². The SMILES string of the molecule is CC(=O)/C=C/c1ccc2cc(O)ccc2c1. The lowest BCUT2D eigenvalue weighted by Crippen LogP contribution is -1.80. The first kappa shape index (κ1) is 10.4. The number of phenols is 1. The third-order valence-corrected chi connectivity index (χ3v) is 2.36. The van der Waals surface area contributed by atoms with E-state index in [2.05, 4.69) is 0 Å². The van der Waals surface area contributed by atoms with Crippen LogP contribution >= 0.6 is 0 Å².